The highest BCUT2D eigenvalue weighted by atomic mass is 32.1. The van der Waals surface area contributed by atoms with Crippen LogP contribution in [-0.2, 0) is 10.3 Å². The van der Waals surface area contributed by atoms with E-state index in [1.807, 2.05) is 51.8 Å². The average molecular weight is 551 g/mol. The molecule has 2 amide bonds. The smallest absolute Gasteiger partial charge is 0.410 e. The lowest BCUT2D eigenvalue weighted by Crippen LogP contribution is -2.35. The number of halogens is 1. The molecule has 11 heteroatoms. The maximum absolute atomic E-state index is 14.9. The van der Waals surface area contributed by atoms with Crippen molar-refractivity contribution in [2.75, 3.05) is 25.5 Å². The van der Waals surface area contributed by atoms with Crippen molar-refractivity contribution in [1.29, 1.82) is 0 Å². The van der Waals surface area contributed by atoms with Crippen LogP contribution >= 0.6 is 11.3 Å². The van der Waals surface area contributed by atoms with Crippen LogP contribution in [0.4, 0.5) is 21.0 Å². The number of hydrogen-bond acceptors (Lipinski definition) is 8. The van der Waals surface area contributed by atoms with Gasteiger partial charge in [0.1, 0.15) is 17.1 Å². The summed E-state index contributed by atoms with van der Waals surface area (Å²) in [7, 11) is 1.84. The average Bonchev–Trinajstić information content (AvgIpc) is 3.32. The Morgan fingerprint density at radius 1 is 1.23 bits per heavy atom. The quantitative estimate of drug-likeness (QED) is 0.452. The van der Waals surface area contributed by atoms with E-state index in [9.17, 15) is 14.0 Å². The Balaban J connectivity index is 1.17. The van der Waals surface area contributed by atoms with Gasteiger partial charge < -0.3 is 19.9 Å². The van der Waals surface area contributed by atoms with Crippen LogP contribution in [0.15, 0.2) is 24.5 Å². The molecular formula is C28H31FN6O3S. The number of rotatable bonds is 4. The van der Waals surface area contributed by atoms with Gasteiger partial charge in [-0.15, -0.1) is 11.3 Å². The molecule has 3 aromatic rings. The second kappa shape index (κ2) is 8.97. The van der Waals surface area contributed by atoms with Crippen molar-refractivity contribution >= 4 is 35.1 Å². The molecule has 2 fully saturated rings. The highest BCUT2D eigenvalue weighted by molar-refractivity contribution is 7.16. The Morgan fingerprint density at radius 2 is 2.00 bits per heavy atom. The Labute approximate surface area is 230 Å². The molecule has 39 heavy (non-hydrogen) atoms. The van der Waals surface area contributed by atoms with Gasteiger partial charge in [-0.1, -0.05) is 6.07 Å². The second-order valence-electron chi connectivity index (χ2n) is 11.6. The number of anilines is 2. The lowest BCUT2D eigenvalue weighted by atomic mass is 10.0. The summed E-state index contributed by atoms with van der Waals surface area (Å²) in [5.41, 5.74) is 1.91. The summed E-state index contributed by atoms with van der Waals surface area (Å²) >= 11 is 1.46. The van der Waals surface area contributed by atoms with Crippen LogP contribution in [-0.4, -0.2) is 62.5 Å². The molecule has 1 atom stereocenters. The summed E-state index contributed by atoms with van der Waals surface area (Å²) in [6, 6.07) is 3.79. The fourth-order valence-electron chi connectivity index (χ4n) is 5.47. The Bertz CT molecular complexity index is 1480. The topological polar surface area (TPSA) is 101 Å². The van der Waals surface area contributed by atoms with Crippen molar-refractivity contribution in [3.05, 3.63) is 51.9 Å². The molecule has 1 saturated heterocycles. The maximum atomic E-state index is 14.9. The van der Waals surface area contributed by atoms with Gasteiger partial charge in [0.2, 0.25) is 5.95 Å². The first-order chi connectivity index (χ1) is 18.5. The van der Waals surface area contributed by atoms with E-state index in [4.69, 9.17) is 4.74 Å². The molecule has 9 nitrogen and oxygen atoms in total. The molecule has 0 bridgehead atoms. The molecule has 6 rings (SSSR count). The van der Waals surface area contributed by atoms with Crippen LogP contribution < -0.4 is 5.32 Å². The zero-order chi connectivity index (χ0) is 27.7. The predicted molar refractivity (Wildman–Crippen MR) is 146 cm³/mol. The monoisotopic (exact) mass is 550 g/mol. The number of carbonyl (C=O) groups is 2. The zero-order valence-corrected chi connectivity index (χ0v) is 23.5. The molecule has 0 radical (unpaired) electrons. The summed E-state index contributed by atoms with van der Waals surface area (Å²) in [5.74, 6) is 0.385. The fraction of sp³-hybridized carbons (Fsp3) is 0.464. The minimum absolute atomic E-state index is 0.00363. The third-order valence-electron chi connectivity index (χ3n) is 7.75. The van der Waals surface area contributed by atoms with Crippen LogP contribution in [0.25, 0.3) is 10.6 Å². The number of likely N-dealkylation sites (tertiary alicyclic amines) is 1. The highest BCUT2D eigenvalue weighted by Crippen LogP contribution is 2.60. The fourth-order valence-corrected chi connectivity index (χ4v) is 7.04. The van der Waals surface area contributed by atoms with E-state index in [0.717, 1.165) is 41.5 Å². The van der Waals surface area contributed by atoms with Crippen LogP contribution in [0.3, 0.4) is 0 Å². The summed E-state index contributed by atoms with van der Waals surface area (Å²) < 4.78 is 20.4. The van der Waals surface area contributed by atoms with E-state index >= 15 is 0 Å². The van der Waals surface area contributed by atoms with E-state index in [2.05, 4.69) is 20.3 Å². The van der Waals surface area contributed by atoms with Gasteiger partial charge in [0.05, 0.1) is 22.2 Å². The normalized spacial score (nSPS) is 19.5. The van der Waals surface area contributed by atoms with E-state index in [1.54, 1.807) is 11.1 Å². The van der Waals surface area contributed by atoms with Gasteiger partial charge in [0, 0.05) is 37.1 Å². The van der Waals surface area contributed by atoms with Gasteiger partial charge in [0.25, 0.3) is 5.91 Å². The highest BCUT2D eigenvalue weighted by Gasteiger charge is 2.58. The molecule has 2 aliphatic heterocycles. The van der Waals surface area contributed by atoms with Crippen molar-refractivity contribution in [1.82, 2.24) is 24.8 Å². The molecular weight excluding hydrogens is 519 g/mol. The summed E-state index contributed by atoms with van der Waals surface area (Å²) in [6.07, 6.45) is 5.33. The van der Waals surface area contributed by atoms with Gasteiger partial charge in [-0.05, 0) is 64.2 Å². The zero-order valence-electron chi connectivity index (χ0n) is 22.7. The Hall–Kier alpha value is -3.60. The number of amides is 2. The molecule has 1 unspecified atom stereocenters. The minimum Gasteiger partial charge on any atom is -0.444 e. The number of thiophene rings is 1. The number of carbonyl (C=O) groups excluding carboxylic acids is 2. The predicted octanol–water partition coefficient (Wildman–Crippen LogP) is 5.59. The maximum Gasteiger partial charge on any atom is 0.410 e. The molecule has 1 N–H and O–H groups in total. The SMILES string of the molecule is Cc1c(-c2nc(Nc3ccc(C4CCN(C(=O)OC(C)(C)C)C4)cn3)ncc2F)sc2c1C(=O)N(C)C21CC1. The number of aromatic nitrogens is 3. The molecule has 3 aliphatic rings. The number of ether oxygens (including phenoxy) is 1. The van der Waals surface area contributed by atoms with Gasteiger partial charge in [-0.3, -0.25) is 4.79 Å². The molecule has 1 aliphatic carbocycles. The largest absolute Gasteiger partial charge is 0.444 e. The molecule has 0 aromatic carbocycles. The minimum atomic E-state index is -0.534. The number of nitrogens with one attached hydrogen (secondary N) is 1. The molecule has 1 spiro atoms. The van der Waals surface area contributed by atoms with Crippen LogP contribution in [0.5, 0.6) is 0 Å². The first-order valence-electron chi connectivity index (χ1n) is 13.1. The van der Waals surface area contributed by atoms with Gasteiger partial charge >= 0.3 is 6.09 Å². The van der Waals surface area contributed by atoms with Crippen molar-refractivity contribution < 1.29 is 18.7 Å². The lowest BCUT2D eigenvalue weighted by Gasteiger charge is -2.24. The Kier molecular flexibility index (Phi) is 5.90. The molecule has 204 valence electrons. The summed E-state index contributed by atoms with van der Waals surface area (Å²) in [6.45, 7) is 8.66. The number of hydrogen-bond donors (Lipinski definition) is 1. The third kappa shape index (κ3) is 4.42. The van der Waals surface area contributed by atoms with Crippen molar-refractivity contribution in [3.8, 4) is 10.6 Å². The first-order valence-corrected chi connectivity index (χ1v) is 13.9. The molecule has 3 aromatic heterocycles. The van der Waals surface area contributed by atoms with Gasteiger partial charge in [-0.2, -0.15) is 0 Å². The van der Waals surface area contributed by atoms with Crippen molar-refractivity contribution in [2.24, 2.45) is 0 Å². The van der Waals surface area contributed by atoms with Crippen LogP contribution in [0, 0.1) is 12.7 Å². The third-order valence-corrected chi connectivity index (χ3v) is 9.24. The van der Waals surface area contributed by atoms with Gasteiger partial charge in [-0.25, -0.2) is 24.1 Å². The molecule has 5 heterocycles. The lowest BCUT2D eigenvalue weighted by molar-refractivity contribution is 0.0292. The van der Waals surface area contributed by atoms with Gasteiger partial charge in [0.15, 0.2) is 5.82 Å². The van der Waals surface area contributed by atoms with E-state index in [-0.39, 0.29) is 35.1 Å². The second-order valence-corrected chi connectivity index (χ2v) is 12.6. The Morgan fingerprint density at radius 3 is 2.67 bits per heavy atom. The van der Waals surface area contributed by atoms with Crippen molar-refractivity contribution in [2.45, 2.75) is 64.0 Å². The number of nitrogens with zero attached hydrogens (tertiary/aromatic N) is 5. The van der Waals surface area contributed by atoms with E-state index in [0.29, 0.717) is 29.3 Å². The van der Waals surface area contributed by atoms with E-state index < -0.39 is 11.4 Å². The van der Waals surface area contributed by atoms with Crippen molar-refractivity contribution in [3.63, 3.8) is 0 Å². The molecule has 1 saturated carbocycles. The standard InChI is InChI=1S/C28H31FN6O3S/c1-15-20-23(28(9-10-28)34(5)24(20)36)39-22(15)21-18(29)13-31-25(33-21)32-19-7-6-16(12-30-19)17-8-11-35(14-17)26(37)38-27(2,3)4/h6-7,12-13,17H,8-11,14H2,1-5H3,(H,30,31,32,33). The summed E-state index contributed by atoms with van der Waals surface area (Å²) in [5, 5.41) is 3.07. The van der Waals surface area contributed by atoms with Crippen LogP contribution in [0.2, 0.25) is 0 Å². The number of fused-ring (bicyclic) bond motifs is 2. The van der Waals surface area contributed by atoms with Crippen LogP contribution in [0.1, 0.15) is 72.3 Å². The first kappa shape index (κ1) is 25.7. The summed E-state index contributed by atoms with van der Waals surface area (Å²) in [4.78, 5) is 43.6. The number of pyridine rings is 1. The van der Waals surface area contributed by atoms with E-state index in [1.165, 1.54) is 11.3 Å².